The normalized spacial score (nSPS) is 10.8. The van der Waals surface area contributed by atoms with E-state index in [0.29, 0.717) is 0 Å². The molecular formula is C7H10O2. The summed E-state index contributed by atoms with van der Waals surface area (Å²) in [5.74, 6) is -0.671. The molecule has 0 unspecified atom stereocenters. The van der Waals surface area contributed by atoms with Crippen LogP contribution in [0.1, 0.15) is 6.92 Å². The van der Waals surface area contributed by atoms with Crippen LogP contribution in [0.25, 0.3) is 0 Å². The smallest absolute Gasteiger partial charge is 0.274 e. The number of aliphatic hydroxyl groups excluding tert-OH is 1. The molecule has 2 nitrogen and oxygen atoms in total. The van der Waals surface area contributed by atoms with Crippen molar-refractivity contribution in [2.24, 2.45) is 0 Å². The lowest BCUT2D eigenvalue weighted by Gasteiger charge is -1.78. The summed E-state index contributed by atoms with van der Waals surface area (Å²) in [7, 11) is 0. The van der Waals surface area contributed by atoms with E-state index < -0.39 is 5.95 Å². The van der Waals surface area contributed by atoms with E-state index in [9.17, 15) is 0 Å². The molecule has 0 aliphatic heterocycles. The zero-order valence-corrected chi connectivity index (χ0v) is 5.28. The van der Waals surface area contributed by atoms with Gasteiger partial charge in [0.1, 0.15) is 0 Å². The molecule has 0 aromatic rings. The topological polar surface area (TPSA) is 40.5 Å². The van der Waals surface area contributed by atoms with Gasteiger partial charge in [-0.1, -0.05) is 24.3 Å². The third kappa shape index (κ3) is 6.82. The maximum absolute atomic E-state index is 8.19. The van der Waals surface area contributed by atoms with Crippen molar-refractivity contribution in [1.29, 1.82) is 0 Å². The second-order valence-electron chi connectivity index (χ2n) is 1.44. The van der Waals surface area contributed by atoms with Crippen LogP contribution < -0.4 is 0 Å². The van der Waals surface area contributed by atoms with E-state index in [-0.39, 0.29) is 0 Å². The monoisotopic (exact) mass is 126 g/mol. The van der Waals surface area contributed by atoms with E-state index in [4.69, 9.17) is 10.2 Å². The summed E-state index contributed by atoms with van der Waals surface area (Å²) in [6.07, 6.45) is 8.07. The molecule has 0 saturated heterocycles. The van der Waals surface area contributed by atoms with Crippen LogP contribution in [0, 0.1) is 0 Å². The second kappa shape index (κ2) is 4.97. The Hall–Kier alpha value is -1.18. The second-order valence-corrected chi connectivity index (χ2v) is 1.44. The van der Waals surface area contributed by atoms with E-state index in [1.165, 1.54) is 12.2 Å². The molecule has 0 aromatic heterocycles. The summed E-state index contributed by atoms with van der Waals surface area (Å²) in [5.41, 5.74) is 0. The van der Waals surface area contributed by atoms with Gasteiger partial charge in [-0.15, -0.1) is 0 Å². The Bertz CT molecular complexity index is 139. The van der Waals surface area contributed by atoms with Gasteiger partial charge in [0, 0.05) is 6.08 Å². The molecule has 2 N–H and O–H groups in total. The van der Waals surface area contributed by atoms with Gasteiger partial charge in [0.15, 0.2) is 0 Å². The van der Waals surface area contributed by atoms with Gasteiger partial charge in [-0.25, -0.2) is 0 Å². The largest absolute Gasteiger partial charge is 0.481 e. The van der Waals surface area contributed by atoms with Crippen LogP contribution in [0.4, 0.5) is 0 Å². The minimum Gasteiger partial charge on any atom is -0.481 e. The molecule has 2 heteroatoms. The molecule has 0 fully saturated rings. The SMILES string of the molecule is CC=CC=CC=C(O)O. The molecule has 0 aliphatic carbocycles. The molecule has 0 radical (unpaired) electrons. The van der Waals surface area contributed by atoms with Gasteiger partial charge in [-0.3, -0.25) is 0 Å². The molecule has 50 valence electrons. The highest BCUT2D eigenvalue weighted by atomic mass is 16.5. The first-order chi connectivity index (χ1) is 4.27. The van der Waals surface area contributed by atoms with E-state index in [0.717, 1.165) is 0 Å². The number of hydrogen-bond acceptors (Lipinski definition) is 2. The molecule has 0 rings (SSSR count). The molecular weight excluding hydrogens is 116 g/mol. The van der Waals surface area contributed by atoms with Crippen molar-refractivity contribution in [1.82, 2.24) is 0 Å². The van der Waals surface area contributed by atoms with Crippen molar-refractivity contribution in [2.45, 2.75) is 6.92 Å². The van der Waals surface area contributed by atoms with Crippen molar-refractivity contribution in [3.63, 3.8) is 0 Å². The van der Waals surface area contributed by atoms with E-state index in [1.807, 2.05) is 13.0 Å². The highest BCUT2D eigenvalue weighted by Crippen LogP contribution is 1.82. The molecule has 0 saturated carbocycles. The Kier molecular flexibility index (Phi) is 4.32. The van der Waals surface area contributed by atoms with Gasteiger partial charge in [0.25, 0.3) is 5.95 Å². The predicted molar refractivity (Wildman–Crippen MR) is 37.3 cm³/mol. The van der Waals surface area contributed by atoms with Crippen LogP contribution in [0.5, 0.6) is 0 Å². The Morgan fingerprint density at radius 3 is 2.22 bits per heavy atom. The number of hydrogen-bond donors (Lipinski definition) is 2. The fourth-order valence-electron chi connectivity index (χ4n) is 0.317. The average Bonchev–Trinajstić information content (AvgIpc) is 1.80. The Morgan fingerprint density at radius 2 is 1.78 bits per heavy atom. The van der Waals surface area contributed by atoms with Crippen LogP contribution in [-0.2, 0) is 0 Å². The highest BCUT2D eigenvalue weighted by molar-refractivity contribution is 5.10. The summed E-state index contributed by atoms with van der Waals surface area (Å²) in [4.78, 5) is 0. The van der Waals surface area contributed by atoms with E-state index in [2.05, 4.69) is 0 Å². The molecule has 9 heavy (non-hydrogen) atoms. The lowest BCUT2D eigenvalue weighted by molar-refractivity contribution is 0.191. The van der Waals surface area contributed by atoms with Gasteiger partial charge < -0.3 is 10.2 Å². The van der Waals surface area contributed by atoms with Crippen LogP contribution in [-0.4, -0.2) is 10.2 Å². The van der Waals surface area contributed by atoms with Crippen LogP contribution in [0.3, 0.4) is 0 Å². The van der Waals surface area contributed by atoms with Crippen molar-refractivity contribution < 1.29 is 10.2 Å². The van der Waals surface area contributed by atoms with Crippen molar-refractivity contribution >= 4 is 0 Å². The average molecular weight is 126 g/mol. The third-order valence-corrected chi connectivity index (χ3v) is 0.660. The van der Waals surface area contributed by atoms with Crippen LogP contribution in [0.2, 0.25) is 0 Å². The fourth-order valence-corrected chi connectivity index (χ4v) is 0.317. The first kappa shape index (κ1) is 7.82. The molecule has 0 heterocycles. The van der Waals surface area contributed by atoms with Gasteiger partial charge in [-0.2, -0.15) is 0 Å². The maximum Gasteiger partial charge on any atom is 0.274 e. The fraction of sp³-hybridized carbons (Fsp3) is 0.143. The molecule has 0 atom stereocenters. The zero-order chi connectivity index (χ0) is 7.11. The van der Waals surface area contributed by atoms with Crippen molar-refractivity contribution in [3.05, 3.63) is 36.3 Å². The van der Waals surface area contributed by atoms with Crippen LogP contribution in [0.15, 0.2) is 36.3 Å². The zero-order valence-electron chi connectivity index (χ0n) is 5.28. The lowest BCUT2D eigenvalue weighted by Crippen LogP contribution is -1.70. The van der Waals surface area contributed by atoms with Crippen molar-refractivity contribution in [2.75, 3.05) is 0 Å². The number of allylic oxidation sites excluding steroid dienone is 5. The highest BCUT2D eigenvalue weighted by Gasteiger charge is 1.72. The summed E-state index contributed by atoms with van der Waals surface area (Å²) in [6.45, 7) is 1.88. The van der Waals surface area contributed by atoms with Gasteiger partial charge in [0.05, 0.1) is 0 Å². The minimum absolute atomic E-state index is 0.671. The number of aliphatic hydroxyl groups is 2. The van der Waals surface area contributed by atoms with Gasteiger partial charge in [-0.05, 0) is 6.92 Å². The quantitative estimate of drug-likeness (QED) is 0.439. The first-order valence-electron chi connectivity index (χ1n) is 2.65. The molecule has 0 aromatic carbocycles. The van der Waals surface area contributed by atoms with Gasteiger partial charge in [0.2, 0.25) is 0 Å². The van der Waals surface area contributed by atoms with E-state index >= 15 is 0 Å². The summed E-state index contributed by atoms with van der Waals surface area (Å²) < 4.78 is 0. The maximum atomic E-state index is 8.19. The minimum atomic E-state index is -0.671. The number of rotatable bonds is 2. The van der Waals surface area contributed by atoms with E-state index in [1.54, 1.807) is 12.2 Å². The molecule has 0 spiro atoms. The summed E-state index contributed by atoms with van der Waals surface area (Å²) in [5, 5.41) is 16.4. The Balaban J connectivity index is 3.60. The lowest BCUT2D eigenvalue weighted by atomic mass is 10.4. The Labute approximate surface area is 54.4 Å². The Morgan fingerprint density at radius 1 is 1.11 bits per heavy atom. The summed E-state index contributed by atoms with van der Waals surface area (Å²) >= 11 is 0. The molecule has 0 bridgehead atoms. The van der Waals surface area contributed by atoms with Gasteiger partial charge >= 0.3 is 0 Å². The molecule has 0 amide bonds. The molecule has 0 aliphatic rings. The first-order valence-corrected chi connectivity index (χ1v) is 2.65. The standard InChI is InChI=1S/C7H10O2/c1-2-3-4-5-6-7(8)9/h2-6,8-9H,1H3. The third-order valence-electron chi connectivity index (χ3n) is 0.660. The van der Waals surface area contributed by atoms with Crippen molar-refractivity contribution in [3.8, 4) is 0 Å². The summed E-state index contributed by atoms with van der Waals surface area (Å²) in [6, 6.07) is 0. The van der Waals surface area contributed by atoms with Crippen LogP contribution >= 0.6 is 0 Å². The predicted octanol–water partition coefficient (Wildman–Crippen LogP) is 2.08.